The highest BCUT2D eigenvalue weighted by Crippen LogP contribution is 2.25. The van der Waals surface area contributed by atoms with E-state index in [1.165, 1.54) is 0 Å². The van der Waals surface area contributed by atoms with Crippen molar-refractivity contribution in [2.45, 2.75) is 6.10 Å². The van der Waals surface area contributed by atoms with Crippen molar-refractivity contribution in [3.05, 3.63) is 59.1 Å². The molecule has 3 aromatic rings. The van der Waals surface area contributed by atoms with Gasteiger partial charge in [-0.15, -0.1) is 0 Å². The van der Waals surface area contributed by atoms with Gasteiger partial charge < -0.3 is 14.4 Å². The van der Waals surface area contributed by atoms with Gasteiger partial charge in [-0.2, -0.15) is 4.98 Å². The highest BCUT2D eigenvalue weighted by molar-refractivity contribution is 6.31. The molecule has 1 aromatic heterocycles. The van der Waals surface area contributed by atoms with E-state index in [9.17, 15) is 5.11 Å². The predicted octanol–water partition coefficient (Wildman–Crippen LogP) is 3.34. The van der Waals surface area contributed by atoms with Crippen LogP contribution in [0.1, 0.15) is 11.7 Å². The molecule has 1 aliphatic heterocycles. The lowest BCUT2D eigenvalue weighted by Gasteiger charge is -2.34. The Morgan fingerprint density at radius 3 is 2.52 bits per heavy atom. The second-order valence-corrected chi connectivity index (χ2v) is 6.70. The van der Waals surface area contributed by atoms with Crippen molar-refractivity contribution >= 4 is 28.7 Å². The molecule has 0 amide bonds. The molecule has 1 N–H and O–H groups in total. The second-order valence-electron chi connectivity index (χ2n) is 6.29. The minimum Gasteiger partial charge on any atom is -0.423 e. The van der Waals surface area contributed by atoms with Crippen molar-refractivity contribution < 1.29 is 9.52 Å². The van der Waals surface area contributed by atoms with Crippen LogP contribution in [0.3, 0.4) is 0 Å². The van der Waals surface area contributed by atoms with Crippen molar-refractivity contribution in [2.24, 2.45) is 0 Å². The molecule has 1 atom stereocenters. The fraction of sp³-hybridized carbons (Fsp3) is 0.316. The maximum absolute atomic E-state index is 10.5. The zero-order valence-electron chi connectivity index (χ0n) is 13.8. The van der Waals surface area contributed by atoms with Gasteiger partial charge in [-0.1, -0.05) is 41.9 Å². The topological polar surface area (TPSA) is 52.7 Å². The lowest BCUT2D eigenvalue weighted by atomic mass is 10.1. The van der Waals surface area contributed by atoms with E-state index in [-0.39, 0.29) is 0 Å². The van der Waals surface area contributed by atoms with Crippen LogP contribution in [-0.2, 0) is 0 Å². The van der Waals surface area contributed by atoms with Gasteiger partial charge in [0.05, 0.1) is 6.10 Å². The van der Waals surface area contributed by atoms with E-state index < -0.39 is 6.10 Å². The Kier molecular flexibility index (Phi) is 4.61. The summed E-state index contributed by atoms with van der Waals surface area (Å²) in [5.74, 6) is 0. The summed E-state index contributed by atoms with van der Waals surface area (Å²) in [6, 6.07) is 15.9. The Bertz CT molecular complexity index is 826. The van der Waals surface area contributed by atoms with Crippen molar-refractivity contribution in [3.8, 4) is 0 Å². The zero-order chi connectivity index (χ0) is 17.2. The molecule has 0 spiro atoms. The first-order chi connectivity index (χ1) is 12.2. The molecule has 0 radical (unpaired) electrons. The van der Waals surface area contributed by atoms with Gasteiger partial charge in [0.25, 0.3) is 6.01 Å². The third-order valence-electron chi connectivity index (χ3n) is 4.62. The van der Waals surface area contributed by atoms with Crippen LogP contribution in [0.2, 0.25) is 5.02 Å². The summed E-state index contributed by atoms with van der Waals surface area (Å²) < 4.78 is 5.84. The van der Waals surface area contributed by atoms with E-state index in [1.807, 2.05) is 48.5 Å². The maximum Gasteiger partial charge on any atom is 0.298 e. The standard InChI is InChI=1S/C19H20ClN3O2/c20-15-6-2-1-5-14(15)17(24)13-22-9-11-23(12-10-22)19-21-16-7-3-4-8-18(16)25-19/h1-8,17,24H,9-13H2. The van der Waals surface area contributed by atoms with Gasteiger partial charge >= 0.3 is 0 Å². The number of halogens is 1. The molecule has 2 aromatic carbocycles. The maximum atomic E-state index is 10.5. The molecule has 6 heteroatoms. The average Bonchev–Trinajstić information content (AvgIpc) is 3.07. The van der Waals surface area contributed by atoms with Crippen LogP contribution >= 0.6 is 11.6 Å². The van der Waals surface area contributed by atoms with Crippen LogP contribution in [0.15, 0.2) is 52.9 Å². The van der Waals surface area contributed by atoms with E-state index in [4.69, 9.17) is 16.0 Å². The van der Waals surface area contributed by atoms with Crippen LogP contribution < -0.4 is 4.90 Å². The molecule has 5 nitrogen and oxygen atoms in total. The number of nitrogens with zero attached hydrogens (tertiary/aromatic N) is 3. The number of benzene rings is 2. The van der Waals surface area contributed by atoms with E-state index in [0.29, 0.717) is 17.6 Å². The van der Waals surface area contributed by atoms with Gasteiger partial charge in [-0.05, 0) is 18.2 Å². The van der Waals surface area contributed by atoms with Crippen LogP contribution in [0, 0.1) is 0 Å². The van der Waals surface area contributed by atoms with Crippen molar-refractivity contribution in [1.82, 2.24) is 9.88 Å². The molecule has 1 saturated heterocycles. The lowest BCUT2D eigenvalue weighted by molar-refractivity contribution is 0.109. The third-order valence-corrected chi connectivity index (χ3v) is 4.96. The van der Waals surface area contributed by atoms with Gasteiger partial charge in [-0.25, -0.2) is 0 Å². The number of piperazine rings is 1. The molecule has 4 rings (SSSR count). The van der Waals surface area contributed by atoms with E-state index in [2.05, 4.69) is 14.8 Å². The Hall–Kier alpha value is -2.08. The number of aliphatic hydroxyl groups excluding tert-OH is 1. The van der Waals surface area contributed by atoms with Gasteiger partial charge in [0.1, 0.15) is 5.52 Å². The number of fused-ring (bicyclic) bond motifs is 1. The summed E-state index contributed by atoms with van der Waals surface area (Å²) >= 11 is 6.17. The van der Waals surface area contributed by atoms with Gasteiger partial charge in [0.15, 0.2) is 5.58 Å². The van der Waals surface area contributed by atoms with Gasteiger partial charge in [0.2, 0.25) is 0 Å². The fourth-order valence-corrected chi connectivity index (χ4v) is 3.47. The van der Waals surface area contributed by atoms with Crippen LogP contribution in [0.5, 0.6) is 0 Å². The summed E-state index contributed by atoms with van der Waals surface area (Å²) in [5, 5.41) is 11.1. The number of rotatable bonds is 4. The van der Waals surface area contributed by atoms with Crippen LogP contribution in [-0.4, -0.2) is 47.7 Å². The molecule has 2 heterocycles. The first kappa shape index (κ1) is 16.4. The first-order valence-corrected chi connectivity index (χ1v) is 8.84. The summed E-state index contributed by atoms with van der Waals surface area (Å²) in [7, 11) is 0. The summed E-state index contributed by atoms with van der Waals surface area (Å²) in [6.45, 7) is 3.91. The molecule has 0 saturated carbocycles. The molecular weight excluding hydrogens is 338 g/mol. The Labute approximate surface area is 151 Å². The Balaban J connectivity index is 1.37. The Morgan fingerprint density at radius 2 is 1.76 bits per heavy atom. The molecule has 1 fully saturated rings. The normalized spacial score (nSPS) is 17.1. The SMILES string of the molecule is OC(CN1CCN(c2nc3ccccc3o2)CC1)c1ccccc1Cl. The van der Waals surface area contributed by atoms with Crippen molar-refractivity contribution in [2.75, 3.05) is 37.6 Å². The molecular formula is C19H20ClN3O2. The number of hydrogen-bond acceptors (Lipinski definition) is 5. The smallest absolute Gasteiger partial charge is 0.298 e. The number of aromatic nitrogens is 1. The molecule has 1 unspecified atom stereocenters. The quantitative estimate of drug-likeness (QED) is 0.776. The Morgan fingerprint density at radius 1 is 1.04 bits per heavy atom. The van der Waals surface area contributed by atoms with Crippen LogP contribution in [0.25, 0.3) is 11.1 Å². The number of anilines is 1. The summed E-state index contributed by atoms with van der Waals surface area (Å²) in [5.41, 5.74) is 2.48. The summed E-state index contributed by atoms with van der Waals surface area (Å²) in [6.07, 6.45) is -0.579. The molecule has 1 aliphatic rings. The fourth-order valence-electron chi connectivity index (χ4n) is 3.21. The first-order valence-electron chi connectivity index (χ1n) is 8.46. The van der Waals surface area contributed by atoms with Crippen LogP contribution in [0.4, 0.5) is 6.01 Å². The molecule has 130 valence electrons. The highest BCUT2D eigenvalue weighted by Gasteiger charge is 2.23. The van der Waals surface area contributed by atoms with Crippen molar-refractivity contribution in [3.63, 3.8) is 0 Å². The van der Waals surface area contributed by atoms with Gasteiger partial charge in [0, 0.05) is 43.3 Å². The third kappa shape index (κ3) is 3.49. The molecule has 0 bridgehead atoms. The number of aliphatic hydroxyl groups is 1. The number of β-amino-alcohol motifs (C(OH)–C–C–N with tert-alkyl or cyclic N) is 1. The van der Waals surface area contributed by atoms with Crippen molar-refractivity contribution in [1.29, 1.82) is 0 Å². The van der Waals surface area contributed by atoms with Gasteiger partial charge in [-0.3, -0.25) is 4.90 Å². The minimum absolute atomic E-state index is 0.575. The zero-order valence-corrected chi connectivity index (χ0v) is 14.6. The monoisotopic (exact) mass is 357 g/mol. The van der Waals surface area contributed by atoms with E-state index in [1.54, 1.807) is 0 Å². The van der Waals surface area contributed by atoms with E-state index in [0.717, 1.165) is 42.8 Å². The number of oxazole rings is 1. The largest absolute Gasteiger partial charge is 0.423 e. The molecule has 0 aliphatic carbocycles. The highest BCUT2D eigenvalue weighted by atomic mass is 35.5. The van der Waals surface area contributed by atoms with E-state index >= 15 is 0 Å². The summed E-state index contributed by atoms with van der Waals surface area (Å²) in [4.78, 5) is 8.95. The second kappa shape index (κ2) is 7.04. The minimum atomic E-state index is -0.579. The number of para-hydroxylation sites is 2. The molecule has 25 heavy (non-hydrogen) atoms. The predicted molar refractivity (Wildman–Crippen MR) is 99.1 cm³/mol. The lowest BCUT2D eigenvalue weighted by Crippen LogP contribution is -2.47. The number of hydrogen-bond donors (Lipinski definition) is 1. The average molecular weight is 358 g/mol.